The fourth-order valence-corrected chi connectivity index (χ4v) is 3.76. The van der Waals surface area contributed by atoms with Crippen molar-refractivity contribution in [3.63, 3.8) is 0 Å². The first-order valence-corrected chi connectivity index (χ1v) is 5.21. The van der Waals surface area contributed by atoms with Crippen molar-refractivity contribution in [2.24, 2.45) is 35.5 Å². The van der Waals surface area contributed by atoms with E-state index in [1.807, 2.05) is 0 Å². The second-order valence-electron chi connectivity index (χ2n) is 4.89. The first kappa shape index (κ1) is 7.21. The summed E-state index contributed by atoms with van der Waals surface area (Å²) in [6, 6.07) is 0. The van der Waals surface area contributed by atoms with Crippen LogP contribution in [0, 0.1) is 35.5 Å². The number of hydrogen-bond acceptors (Lipinski definition) is 3. The van der Waals surface area contributed by atoms with Crippen molar-refractivity contribution in [2.75, 3.05) is 0 Å². The van der Waals surface area contributed by atoms with E-state index in [0.29, 0.717) is 23.7 Å². The van der Waals surface area contributed by atoms with Crippen molar-refractivity contribution in [3.05, 3.63) is 12.2 Å². The van der Waals surface area contributed by atoms with Gasteiger partial charge in [0.25, 0.3) is 0 Å². The first-order valence-electron chi connectivity index (χ1n) is 5.21. The number of esters is 2. The number of hydrogen-bond donors (Lipinski definition) is 0. The minimum atomic E-state index is -0.273. The number of carbonyl (C=O) groups excluding carboxylic acids is 2. The highest BCUT2D eigenvalue weighted by Crippen LogP contribution is 2.65. The van der Waals surface area contributed by atoms with Gasteiger partial charge in [0.2, 0.25) is 0 Å². The molecule has 1 heterocycles. The predicted octanol–water partition coefficient (Wildman–Crippen LogP) is 0.754. The molecule has 0 aromatic rings. The Morgan fingerprint density at radius 2 is 1.50 bits per heavy atom. The van der Waals surface area contributed by atoms with Gasteiger partial charge in [-0.2, -0.15) is 0 Å². The second kappa shape index (κ2) is 1.95. The monoisotopic (exact) mass is 190 g/mol. The molecule has 14 heavy (non-hydrogen) atoms. The van der Waals surface area contributed by atoms with Gasteiger partial charge in [-0.05, 0) is 30.1 Å². The highest BCUT2D eigenvalue weighted by molar-refractivity contribution is 5.97. The van der Waals surface area contributed by atoms with Crippen LogP contribution in [0.3, 0.4) is 0 Å². The summed E-state index contributed by atoms with van der Waals surface area (Å²) >= 11 is 0. The minimum absolute atomic E-state index is 0.138. The lowest BCUT2D eigenvalue weighted by Gasteiger charge is -2.36. The molecule has 72 valence electrons. The largest absolute Gasteiger partial charge is 0.393 e. The molecule has 0 amide bonds. The third-order valence-corrected chi connectivity index (χ3v) is 4.40. The van der Waals surface area contributed by atoms with E-state index in [0.717, 1.165) is 0 Å². The summed E-state index contributed by atoms with van der Waals surface area (Å²) in [6.07, 6.45) is 5.48. The van der Waals surface area contributed by atoms with E-state index < -0.39 is 0 Å². The molecule has 2 bridgehead atoms. The van der Waals surface area contributed by atoms with Crippen LogP contribution < -0.4 is 0 Å². The summed E-state index contributed by atoms with van der Waals surface area (Å²) < 4.78 is 4.74. The second-order valence-corrected chi connectivity index (χ2v) is 4.89. The Morgan fingerprint density at radius 3 is 2.00 bits per heavy atom. The Labute approximate surface area is 81.1 Å². The molecule has 5 aliphatic rings. The molecule has 2 saturated carbocycles. The maximum atomic E-state index is 11.5. The Kier molecular flexibility index (Phi) is 1.00. The van der Waals surface area contributed by atoms with Gasteiger partial charge < -0.3 is 4.74 Å². The van der Waals surface area contributed by atoms with Gasteiger partial charge in [-0.15, -0.1) is 0 Å². The van der Waals surface area contributed by atoms with Crippen molar-refractivity contribution in [3.8, 4) is 0 Å². The van der Waals surface area contributed by atoms with E-state index in [2.05, 4.69) is 12.2 Å². The third kappa shape index (κ3) is 0.606. The molecule has 0 N–H and O–H groups in total. The van der Waals surface area contributed by atoms with Crippen molar-refractivity contribution in [1.29, 1.82) is 0 Å². The summed E-state index contributed by atoms with van der Waals surface area (Å²) in [4.78, 5) is 23.0. The standard InChI is InChI=1S/C11H10O3/c12-10-8-4-1-2-5(7-3-6(4)7)9(8)11(13)14-10/h1-2,4-9H,3H2/t4-,5-,6-,7-,8+,9+/m0/s1. The van der Waals surface area contributed by atoms with Crippen molar-refractivity contribution in [1.82, 2.24) is 0 Å². The normalized spacial score (nSPS) is 56.9. The number of ether oxygens (including phenoxy) is 1. The Bertz CT molecular complexity index is 350. The Hall–Kier alpha value is -1.12. The van der Waals surface area contributed by atoms with Gasteiger partial charge in [-0.25, -0.2) is 0 Å². The summed E-state index contributed by atoms with van der Waals surface area (Å²) in [5.74, 6) is 1.12. The lowest BCUT2D eigenvalue weighted by atomic mass is 9.63. The molecule has 3 nitrogen and oxygen atoms in total. The SMILES string of the molecule is O=C1OC(=O)[C@@H]2[C@H]3C=C[C@@H]([C@@H]4C[C@@H]34)[C@@H]12. The Balaban J connectivity index is 1.88. The van der Waals surface area contributed by atoms with Crippen molar-refractivity contribution in [2.45, 2.75) is 6.42 Å². The van der Waals surface area contributed by atoms with Crippen LogP contribution in [-0.4, -0.2) is 11.9 Å². The van der Waals surface area contributed by atoms with Gasteiger partial charge in [-0.3, -0.25) is 9.59 Å². The molecule has 3 heteroatoms. The van der Waals surface area contributed by atoms with Crippen LogP contribution in [0.5, 0.6) is 0 Å². The first-order chi connectivity index (χ1) is 6.77. The van der Waals surface area contributed by atoms with E-state index in [9.17, 15) is 9.59 Å². The predicted molar refractivity (Wildman–Crippen MR) is 45.8 cm³/mol. The molecule has 1 aliphatic heterocycles. The molecule has 4 aliphatic carbocycles. The smallest absolute Gasteiger partial charge is 0.318 e. The van der Waals surface area contributed by atoms with E-state index >= 15 is 0 Å². The summed E-state index contributed by atoms with van der Waals surface area (Å²) in [7, 11) is 0. The fraction of sp³-hybridized carbons (Fsp3) is 0.636. The van der Waals surface area contributed by atoms with Crippen LogP contribution in [0.25, 0.3) is 0 Å². The molecular formula is C11H10O3. The average Bonchev–Trinajstić information content (AvgIpc) is 2.92. The highest BCUT2D eigenvalue weighted by atomic mass is 16.6. The van der Waals surface area contributed by atoms with Crippen LogP contribution in [-0.2, 0) is 14.3 Å². The molecular weight excluding hydrogens is 180 g/mol. The van der Waals surface area contributed by atoms with Gasteiger partial charge in [0.15, 0.2) is 0 Å². The van der Waals surface area contributed by atoms with E-state index in [1.54, 1.807) is 0 Å². The molecule has 5 rings (SSSR count). The van der Waals surface area contributed by atoms with E-state index in [1.165, 1.54) is 6.42 Å². The van der Waals surface area contributed by atoms with Crippen molar-refractivity contribution >= 4 is 11.9 Å². The minimum Gasteiger partial charge on any atom is -0.393 e. The van der Waals surface area contributed by atoms with Crippen LogP contribution in [0.4, 0.5) is 0 Å². The van der Waals surface area contributed by atoms with Crippen LogP contribution >= 0.6 is 0 Å². The topological polar surface area (TPSA) is 43.4 Å². The lowest BCUT2D eigenvalue weighted by molar-refractivity contribution is -0.154. The quantitative estimate of drug-likeness (QED) is 0.321. The van der Waals surface area contributed by atoms with Crippen LogP contribution in [0.15, 0.2) is 12.2 Å². The molecule has 6 atom stereocenters. The third-order valence-electron chi connectivity index (χ3n) is 4.40. The zero-order chi connectivity index (χ0) is 9.45. The lowest BCUT2D eigenvalue weighted by Crippen LogP contribution is -2.40. The van der Waals surface area contributed by atoms with Gasteiger partial charge in [0, 0.05) is 0 Å². The number of cyclic esters (lactones) is 2. The van der Waals surface area contributed by atoms with E-state index in [-0.39, 0.29) is 23.8 Å². The zero-order valence-electron chi connectivity index (χ0n) is 7.55. The molecule has 3 fully saturated rings. The molecule has 0 radical (unpaired) electrons. The maximum absolute atomic E-state index is 11.5. The summed E-state index contributed by atoms with van der Waals surface area (Å²) in [5.41, 5.74) is 0. The highest BCUT2D eigenvalue weighted by Gasteiger charge is 2.66. The summed E-state index contributed by atoms with van der Waals surface area (Å²) in [6.45, 7) is 0. The number of carbonyl (C=O) groups is 2. The van der Waals surface area contributed by atoms with Crippen LogP contribution in [0.2, 0.25) is 0 Å². The maximum Gasteiger partial charge on any atom is 0.318 e. The van der Waals surface area contributed by atoms with Gasteiger partial charge in [-0.1, -0.05) is 12.2 Å². The van der Waals surface area contributed by atoms with Gasteiger partial charge in [0.05, 0.1) is 11.8 Å². The summed E-state index contributed by atoms with van der Waals surface area (Å²) in [5, 5.41) is 0. The number of allylic oxidation sites excluding steroid dienone is 2. The molecule has 0 aromatic carbocycles. The Morgan fingerprint density at radius 1 is 1.00 bits per heavy atom. The molecule has 0 aromatic heterocycles. The van der Waals surface area contributed by atoms with Gasteiger partial charge >= 0.3 is 11.9 Å². The molecule has 0 spiro atoms. The average molecular weight is 190 g/mol. The van der Waals surface area contributed by atoms with Crippen LogP contribution in [0.1, 0.15) is 6.42 Å². The number of rotatable bonds is 0. The fourth-order valence-electron chi connectivity index (χ4n) is 3.76. The molecule has 0 unspecified atom stereocenters. The van der Waals surface area contributed by atoms with E-state index in [4.69, 9.17) is 4.74 Å². The molecule has 1 saturated heterocycles. The van der Waals surface area contributed by atoms with Crippen molar-refractivity contribution < 1.29 is 14.3 Å². The zero-order valence-corrected chi connectivity index (χ0v) is 7.55. The van der Waals surface area contributed by atoms with Gasteiger partial charge in [0.1, 0.15) is 0 Å².